The molecule has 0 radical (unpaired) electrons. The van der Waals surface area contributed by atoms with Crippen molar-refractivity contribution in [1.82, 2.24) is 10.6 Å². The van der Waals surface area contributed by atoms with Gasteiger partial charge < -0.3 is 16.4 Å². The molecule has 0 fully saturated rings. The van der Waals surface area contributed by atoms with Crippen LogP contribution >= 0.6 is 12.4 Å². The Morgan fingerprint density at radius 2 is 1.91 bits per heavy atom. The van der Waals surface area contributed by atoms with Crippen LogP contribution in [-0.2, 0) is 22.4 Å². The molecule has 4 N–H and O–H groups in total. The highest BCUT2D eigenvalue weighted by molar-refractivity contribution is 5.87. The maximum Gasteiger partial charge on any atom is 0.239 e. The van der Waals surface area contributed by atoms with E-state index >= 15 is 0 Å². The average molecular weight is 340 g/mol. The van der Waals surface area contributed by atoms with Gasteiger partial charge in [-0.3, -0.25) is 9.59 Å². The molecule has 0 saturated carbocycles. The number of carbonyl (C=O) groups is 2. The molecule has 6 heteroatoms. The minimum absolute atomic E-state index is 0. The van der Waals surface area contributed by atoms with E-state index in [2.05, 4.69) is 22.8 Å². The second kappa shape index (κ2) is 8.89. The van der Waals surface area contributed by atoms with Crippen molar-refractivity contribution in [3.05, 3.63) is 35.4 Å². The van der Waals surface area contributed by atoms with Gasteiger partial charge in [0.05, 0.1) is 12.6 Å². The van der Waals surface area contributed by atoms with E-state index < -0.39 is 6.04 Å². The van der Waals surface area contributed by atoms with Crippen LogP contribution in [-0.4, -0.2) is 30.4 Å². The first-order valence-electron chi connectivity index (χ1n) is 7.87. The summed E-state index contributed by atoms with van der Waals surface area (Å²) < 4.78 is 0. The van der Waals surface area contributed by atoms with Crippen LogP contribution in [0.2, 0.25) is 0 Å². The first-order valence-corrected chi connectivity index (χ1v) is 7.87. The van der Waals surface area contributed by atoms with Crippen LogP contribution in [0.3, 0.4) is 0 Å². The van der Waals surface area contributed by atoms with Crippen molar-refractivity contribution in [3.63, 3.8) is 0 Å². The minimum atomic E-state index is -0.575. The van der Waals surface area contributed by atoms with Crippen molar-refractivity contribution in [2.75, 3.05) is 6.54 Å². The fourth-order valence-electron chi connectivity index (χ4n) is 2.69. The Labute approximate surface area is 143 Å². The third-order valence-corrected chi connectivity index (χ3v) is 4.16. The molecule has 1 aliphatic carbocycles. The molecule has 1 aliphatic rings. The van der Waals surface area contributed by atoms with Gasteiger partial charge >= 0.3 is 0 Å². The highest BCUT2D eigenvalue weighted by Gasteiger charge is 2.21. The topological polar surface area (TPSA) is 84.2 Å². The van der Waals surface area contributed by atoms with Gasteiger partial charge in [-0.1, -0.05) is 38.1 Å². The smallest absolute Gasteiger partial charge is 0.239 e. The van der Waals surface area contributed by atoms with E-state index in [9.17, 15) is 9.59 Å². The number of rotatable bonds is 5. The SMILES string of the molecule is CC(C)[C@H](N)C(=O)NCC(=O)NC1CCc2ccccc2C1.Cl. The molecular weight excluding hydrogens is 314 g/mol. The van der Waals surface area contributed by atoms with Gasteiger partial charge in [0.15, 0.2) is 0 Å². The molecule has 2 rings (SSSR count). The molecule has 2 amide bonds. The monoisotopic (exact) mass is 339 g/mol. The molecule has 1 aromatic rings. The van der Waals surface area contributed by atoms with Gasteiger partial charge in [-0.15, -0.1) is 12.4 Å². The molecule has 1 unspecified atom stereocenters. The van der Waals surface area contributed by atoms with E-state index in [-0.39, 0.29) is 42.7 Å². The third kappa shape index (κ3) is 5.52. The zero-order valence-corrected chi connectivity index (χ0v) is 14.5. The second-order valence-corrected chi connectivity index (χ2v) is 6.26. The van der Waals surface area contributed by atoms with Crippen LogP contribution in [0, 0.1) is 5.92 Å². The number of halogens is 1. The summed E-state index contributed by atoms with van der Waals surface area (Å²) in [4.78, 5) is 23.7. The number of aryl methyl sites for hydroxylation is 1. The largest absolute Gasteiger partial charge is 0.351 e. The molecular formula is C17H26ClN3O2. The fraction of sp³-hybridized carbons (Fsp3) is 0.529. The van der Waals surface area contributed by atoms with Crippen LogP contribution < -0.4 is 16.4 Å². The Balaban J connectivity index is 0.00000264. The summed E-state index contributed by atoms with van der Waals surface area (Å²) in [6.45, 7) is 3.74. The van der Waals surface area contributed by atoms with Crippen molar-refractivity contribution in [2.45, 2.75) is 45.2 Å². The zero-order valence-electron chi connectivity index (χ0n) is 13.7. The highest BCUT2D eigenvalue weighted by Crippen LogP contribution is 2.20. The molecule has 0 aromatic heterocycles. The summed E-state index contributed by atoms with van der Waals surface area (Å²) >= 11 is 0. The Hall–Kier alpha value is -1.59. The van der Waals surface area contributed by atoms with Crippen molar-refractivity contribution >= 4 is 24.2 Å². The molecule has 0 bridgehead atoms. The van der Waals surface area contributed by atoms with Gasteiger partial charge in [0.1, 0.15) is 0 Å². The summed E-state index contributed by atoms with van der Waals surface area (Å²) in [5.41, 5.74) is 8.40. The van der Waals surface area contributed by atoms with E-state index in [4.69, 9.17) is 5.73 Å². The van der Waals surface area contributed by atoms with Gasteiger partial charge in [0.25, 0.3) is 0 Å². The van der Waals surface area contributed by atoms with Crippen molar-refractivity contribution in [3.8, 4) is 0 Å². The fourth-order valence-corrected chi connectivity index (χ4v) is 2.69. The van der Waals surface area contributed by atoms with E-state index in [0.717, 1.165) is 19.3 Å². The lowest BCUT2D eigenvalue weighted by molar-refractivity contribution is -0.127. The van der Waals surface area contributed by atoms with E-state index in [1.807, 2.05) is 26.0 Å². The number of hydrogen-bond donors (Lipinski definition) is 3. The van der Waals surface area contributed by atoms with Crippen LogP contribution in [0.25, 0.3) is 0 Å². The van der Waals surface area contributed by atoms with Crippen LogP contribution in [0.15, 0.2) is 24.3 Å². The summed E-state index contributed by atoms with van der Waals surface area (Å²) in [6.07, 6.45) is 2.76. The Bertz CT molecular complexity index is 548. The van der Waals surface area contributed by atoms with Gasteiger partial charge in [0, 0.05) is 6.04 Å². The van der Waals surface area contributed by atoms with Crippen LogP contribution in [0.4, 0.5) is 0 Å². The first kappa shape index (κ1) is 19.5. The third-order valence-electron chi connectivity index (χ3n) is 4.16. The van der Waals surface area contributed by atoms with Crippen LogP contribution in [0.1, 0.15) is 31.4 Å². The maximum absolute atomic E-state index is 12.0. The molecule has 0 saturated heterocycles. The molecule has 0 heterocycles. The maximum atomic E-state index is 12.0. The Morgan fingerprint density at radius 1 is 1.26 bits per heavy atom. The number of benzene rings is 1. The summed E-state index contributed by atoms with van der Waals surface area (Å²) in [6, 6.07) is 7.88. The number of nitrogens with two attached hydrogens (primary N) is 1. The molecule has 0 spiro atoms. The van der Waals surface area contributed by atoms with E-state index in [1.165, 1.54) is 11.1 Å². The van der Waals surface area contributed by atoms with Gasteiger partial charge in [-0.2, -0.15) is 0 Å². The number of nitrogens with one attached hydrogen (secondary N) is 2. The lowest BCUT2D eigenvalue weighted by atomic mass is 9.88. The molecule has 5 nitrogen and oxygen atoms in total. The minimum Gasteiger partial charge on any atom is -0.351 e. The van der Waals surface area contributed by atoms with Crippen molar-refractivity contribution in [1.29, 1.82) is 0 Å². The van der Waals surface area contributed by atoms with Gasteiger partial charge in [0.2, 0.25) is 11.8 Å². The quantitative estimate of drug-likeness (QED) is 0.753. The molecule has 1 aromatic carbocycles. The second-order valence-electron chi connectivity index (χ2n) is 6.26. The van der Waals surface area contributed by atoms with E-state index in [1.54, 1.807) is 0 Å². The van der Waals surface area contributed by atoms with Gasteiger partial charge in [-0.05, 0) is 36.3 Å². The molecule has 0 aliphatic heterocycles. The number of carbonyl (C=O) groups excluding carboxylic acids is 2. The lowest BCUT2D eigenvalue weighted by Crippen LogP contribution is -2.49. The molecule has 23 heavy (non-hydrogen) atoms. The first-order chi connectivity index (χ1) is 10.5. The Kier molecular flexibility index (Phi) is 7.52. The van der Waals surface area contributed by atoms with Gasteiger partial charge in [-0.25, -0.2) is 0 Å². The summed E-state index contributed by atoms with van der Waals surface area (Å²) in [5, 5.41) is 5.59. The predicted molar refractivity (Wildman–Crippen MR) is 93.5 cm³/mol. The normalized spacial score (nSPS) is 17.7. The number of fused-ring (bicyclic) bond motifs is 1. The van der Waals surface area contributed by atoms with Crippen molar-refractivity contribution in [2.24, 2.45) is 11.7 Å². The lowest BCUT2D eigenvalue weighted by Gasteiger charge is -2.25. The number of hydrogen-bond acceptors (Lipinski definition) is 3. The molecule has 2 atom stereocenters. The zero-order chi connectivity index (χ0) is 16.1. The van der Waals surface area contributed by atoms with Crippen molar-refractivity contribution < 1.29 is 9.59 Å². The predicted octanol–water partition coefficient (Wildman–Crippen LogP) is 1.18. The van der Waals surface area contributed by atoms with Crippen LogP contribution in [0.5, 0.6) is 0 Å². The van der Waals surface area contributed by atoms with E-state index in [0.29, 0.717) is 0 Å². The Morgan fingerprint density at radius 3 is 2.57 bits per heavy atom. The summed E-state index contributed by atoms with van der Waals surface area (Å²) in [7, 11) is 0. The summed E-state index contributed by atoms with van der Waals surface area (Å²) in [5.74, 6) is -0.384. The highest BCUT2D eigenvalue weighted by atomic mass is 35.5. The number of amides is 2. The average Bonchev–Trinajstić information content (AvgIpc) is 2.51. The molecule has 128 valence electrons. The standard InChI is InChI=1S/C17H25N3O2.ClH/c1-11(2)16(18)17(22)19-10-15(21)20-14-8-7-12-5-3-4-6-13(12)9-14;/h3-6,11,14,16H,7-10,18H2,1-2H3,(H,19,22)(H,20,21);1H/t14?,16-;/m0./s1.